The van der Waals surface area contributed by atoms with Crippen LogP contribution < -0.4 is 5.32 Å². The van der Waals surface area contributed by atoms with Crippen molar-refractivity contribution in [3.8, 4) is 16.9 Å². The van der Waals surface area contributed by atoms with Crippen molar-refractivity contribution in [1.29, 1.82) is 0 Å². The molecule has 9 nitrogen and oxygen atoms in total. The topological polar surface area (TPSA) is 111 Å². The van der Waals surface area contributed by atoms with E-state index in [0.717, 1.165) is 5.56 Å². The SMILES string of the molecule is Cc1ccc(-c2cc(C(=O)NC(C)c3cnccn3)c(F)c(-n3nnnc3C(C)C)c2)nc1. The smallest absolute Gasteiger partial charge is 0.254 e. The molecule has 0 saturated heterocycles. The van der Waals surface area contributed by atoms with Crippen LogP contribution in [0.15, 0.2) is 49.1 Å². The number of amides is 1. The summed E-state index contributed by atoms with van der Waals surface area (Å²) >= 11 is 0. The molecule has 3 aromatic heterocycles. The van der Waals surface area contributed by atoms with Gasteiger partial charge < -0.3 is 5.32 Å². The van der Waals surface area contributed by atoms with E-state index in [9.17, 15) is 4.79 Å². The van der Waals surface area contributed by atoms with Gasteiger partial charge in [-0.05, 0) is 48.0 Å². The van der Waals surface area contributed by atoms with Crippen LogP contribution in [-0.2, 0) is 0 Å². The van der Waals surface area contributed by atoms with Crippen LogP contribution in [-0.4, -0.2) is 41.1 Å². The number of tetrazole rings is 1. The number of carbonyl (C=O) groups is 1. The van der Waals surface area contributed by atoms with E-state index in [1.807, 2.05) is 32.9 Å². The number of nitrogens with zero attached hydrogens (tertiary/aromatic N) is 7. The fraction of sp³-hybridized carbons (Fsp3) is 0.261. The van der Waals surface area contributed by atoms with Crippen LogP contribution in [0.2, 0.25) is 0 Å². The second-order valence-electron chi connectivity index (χ2n) is 8.01. The number of halogens is 1. The highest BCUT2D eigenvalue weighted by atomic mass is 19.1. The van der Waals surface area contributed by atoms with E-state index >= 15 is 4.39 Å². The zero-order chi connectivity index (χ0) is 23.5. The fourth-order valence-electron chi connectivity index (χ4n) is 3.32. The summed E-state index contributed by atoms with van der Waals surface area (Å²) in [5.74, 6) is -0.916. The highest BCUT2D eigenvalue weighted by Gasteiger charge is 2.24. The third-order valence-electron chi connectivity index (χ3n) is 5.12. The normalized spacial score (nSPS) is 12.1. The van der Waals surface area contributed by atoms with Gasteiger partial charge in [-0.1, -0.05) is 19.9 Å². The van der Waals surface area contributed by atoms with Crippen molar-refractivity contribution >= 4 is 5.91 Å². The Kier molecular flexibility index (Phi) is 6.16. The van der Waals surface area contributed by atoms with E-state index in [2.05, 4.69) is 35.8 Å². The molecule has 0 aliphatic carbocycles. The van der Waals surface area contributed by atoms with Crippen molar-refractivity contribution in [3.63, 3.8) is 0 Å². The van der Waals surface area contributed by atoms with Gasteiger partial charge in [-0.3, -0.25) is 19.7 Å². The summed E-state index contributed by atoms with van der Waals surface area (Å²) in [6.45, 7) is 7.49. The van der Waals surface area contributed by atoms with Crippen LogP contribution in [0.25, 0.3) is 16.9 Å². The number of nitrogens with one attached hydrogen (secondary N) is 1. The van der Waals surface area contributed by atoms with Crippen molar-refractivity contribution in [2.75, 3.05) is 0 Å². The molecule has 0 fully saturated rings. The van der Waals surface area contributed by atoms with Gasteiger partial charge in [-0.15, -0.1) is 5.10 Å². The average Bonchev–Trinajstić information content (AvgIpc) is 3.30. The van der Waals surface area contributed by atoms with Gasteiger partial charge in [0.15, 0.2) is 11.6 Å². The third-order valence-corrected chi connectivity index (χ3v) is 5.12. The van der Waals surface area contributed by atoms with Crippen molar-refractivity contribution in [2.24, 2.45) is 0 Å². The lowest BCUT2D eigenvalue weighted by molar-refractivity contribution is 0.0935. The van der Waals surface area contributed by atoms with Gasteiger partial charge in [0.05, 0.1) is 29.2 Å². The molecule has 1 N–H and O–H groups in total. The van der Waals surface area contributed by atoms with Crippen molar-refractivity contribution in [3.05, 3.63) is 77.5 Å². The second kappa shape index (κ2) is 9.19. The molecule has 4 rings (SSSR count). The summed E-state index contributed by atoms with van der Waals surface area (Å²) in [6.07, 6.45) is 6.34. The molecular weight excluding hydrogens is 423 g/mol. The minimum atomic E-state index is -0.732. The molecule has 0 aliphatic heterocycles. The molecule has 0 spiro atoms. The zero-order valence-corrected chi connectivity index (χ0v) is 18.7. The summed E-state index contributed by atoms with van der Waals surface area (Å²) in [7, 11) is 0. The lowest BCUT2D eigenvalue weighted by Crippen LogP contribution is -2.28. The van der Waals surface area contributed by atoms with Gasteiger partial charge in [0.25, 0.3) is 5.91 Å². The molecule has 3 heterocycles. The maximum Gasteiger partial charge on any atom is 0.254 e. The average molecular weight is 446 g/mol. The third kappa shape index (κ3) is 4.59. The number of aromatic nitrogens is 7. The van der Waals surface area contributed by atoms with Crippen LogP contribution in [0.1, 0.15) is 60.2 Å². The first-order chi connectivity index (χ1) is 15.8. The van der Waals surface area contributed by atoms with E-state index < -0.39 is 17.8 Å². The van der Waals surface area contributed by atoms with E-state index in [1.54, 1.807) is 31.6 Å². The van der Waals surface area contributed by atoms with Gasteiger partial charge in [-0.25, -0.2) is 4.39 Å². The number of hydrogen-bond acceptors (Lipinski definition) is 7. The molecule has 33 heavy (non-hydrogen) atoms. The molecule has 168 valence electrons. The molecule has 0 bridgehead atoms. The Hall–Kier alpha value is -4.08. The first-order valence-corrected chi connectivity index (χ1v) is 10.5. The molecule has 10 heteroatoms. The number of benzene rings is 1. The summed E-state index contributed by atoms with van der Waals surface area (Å²) < 4.78 is 17.0. The number of carbonyl (C=O) groups excluding carboxylic acids is 1. The largest absolute Gasteiger partial charge is 0.344 e. The van der Waals surface area contributed by atoms with E-state index in [4.69, 9.17) is 0 Å². The molecule has 1 amide bonds. The highest BCUT2D eigenvalue weighted by Crippen LogP contribution is 2.28. The molecule has 1 atom stereocenters. The van der Waals surface area contributed by atoms with E-state index in [1.165, 1.54) is 16.9 Å². The molecule has 1 unspecified atom stereocenters. The minimum absolute atomic E-state index is 0.0606. The number of rotatable bonds is 6. The molecule has 1 aromatic carbocycles. The number of pyridine rings is 1. The van der Waals surface area contributed by atoms with Crippen molar-refractivity contribution < 1.29 is 9.18 Å². The summed E-state index contributed by atoms with van der Waals surface area (Å²) in [6, 6.07) is 6.32. The van der Waals surface area contributed by atoms with Crippen LogP contribution >= 0.6 is 0 Å². The standard InChI is InChI=1S/C23H23FN8O/c1-13(2)22-29-30-31-32(22)20-10-16(18-6-5-14(3)11-27-18)9-17(21(20)24)23(33)28-15(4)19-12-25-7-8-26-19/h5-13,15H,1-4H3,(H,28,33). The van der Waals surface area contributed by atoms with Crippen LogP contribution in [0.5, 0.6) is 0 Å². The number of aryl methyl sites for hydroxylation is 1. The zero-order valence-electron chi connectivity index (χ0n) is 18.7. The maximum atomic E-state index is 15.7. The predicted molar refractivity (Wildman–Crippen MR) is 119 cm³/mol. The first kappa shape index (κ1) is 22.1. The second-order valence-corrected chi connectivity index (χ2v) is 8.01. The molecular formula is C23H23FN8O. The van der Waals surface area contributed by atoms with Crippen LogP contribution in [0, 0.1) is 12.7 Å². The Balaban J connectivity index is 1.81. The van der Waals surface area contributed by atoms with E-state index in [-0.39, 0.29) is 17.2 Å². The Morgan fingerprint density at radius 1 is 1.09 bits per heavy atom. The number of hydrogen-bond donors (Lipinski definition) is 1. The fourth-order valence-corrected chi connectivity index (χ4v) is 3.32. The lowest BCUT2D eigenvalue weighted by atomic mass is 10.0. The van der Waals surface area contributed by atoms with Crippen LogP contribution in [0.3, 0.4) is 0 Å². The van der Waals surface area contributed by atoms with Gasteiger partial charge in [-0.2, -0.15) is 4.68 Å². The first-order valence-electron chi connectivity index (χ1n) is 10.5. The lowest BCUT2D eigenvalue weighted by Gasteiger charge is -2.16. The van der Waals surface area contributed by atoms with Gasteiger partial charge in [0, 0.05) is 30.1 Å². The summed E-state index contributed by atoms with van der Waals surface area (Å²) in [5.41, 5.74) is 2.63. The summed E-state index contributed by atoms with van der Waals surface area (Å²) in [4.78, 5) is 25.8. The minimum Gasteiger partial charge on any atom is -0.344 e. The molecule has 4 aromatic rings. The Labute approximate surface area is 190 Å². The van der Waals surface area contributed by atoms with Gasteiger partial charge in [0.2, 0.25) is 0 Å². The molecule has 0 saturated carbocycles. The Bertz CT molecular complexity index is 1270. The summed E-state index contributed by atoms with van der Waals surface area (Å²) in [5, 5.41) is 14.5. The molecule has 0 radical (unpaired) electrons. The van der Waals surface area contributed by atoms with Gasteiger partial charge in [0.1, 0.15) is 5.69 Å². The van der Waals surface area contributed by atoms with E-state index in [0.29, 0.717) is 22.8 Å². The quantitative estimate of drug-likeness (QED) is 0.482. The maximum absolute atomic E-state index is 15.7. The highest BCUT2D eigenvalue weighted by molar-refractivity contribution is 5.96. The van der Waals surface area contributed by atoms with Crippen molar-refractivity contribution in [1.82, 2.24) is 40.5 Å². The van der Waals surface area contributed by atoms with Gasteiger partial charge >= 0.3 is 0 Å². The Morgan fingerprint density at radius 2 is 1.91 bits per heavy atom. The Morgan fingerprint density at radius 3 is 2.58 bits per heavy atom. The predicted octanol–water partition coefficient (Wildman–Crippen LogP) is 3.58. The monoisotopic (exact) mass is 446 g/mol. The molecule has 0 aliphatic rings. The van der Waals surface area contributed by atoms with Crippen molar-refractivity contribution in [2.45, 2.75) is 39.7 Å². The van der Waals surface area contributed by atoms with Crippen LogP contribution in [0.4, 0.5) is 4.39 Å².